The molecule has 3 N–H and O–H groups in total. The van der Waals surface area contributed by atoms with Gasteiger partial charge in [-0.2, -0.15) is 0 Å². The van der Waals surface area contributed by atoms with Crippen LogP contribution in [0.2, 0.25) is 0 Å². The molecule has 2 amide bonds. The molecule has 142 valence electrons. The molecule has 0 heterocycles. The molecule has 3 rings (SSSR count). The molecule has 3 aromatic rings. The highest BCUT2D eigenvalue weighted by atomic mass is 16.3. The van der Waals surface area contributed by atoms with Crippen molar-refractivity contribution in [3.8, 4) is 5.75 Å². The Morgan fingerprint density at radius 3 is 1.82 bits per heavy atom. The van der Waals surface area contributed by atoms with E-state index in [2.05, 4.69) is 10.6 Å². The third-order valence-corrected chi connectivity index (χ3v) is 4.38. The molecule has 3 aromatic carbocycles. The van der Waals surface area contributed by atoms with E-state index in [1.165, 1.54) is 0 Å². The van der Waals surface area contributed by atoms with Crippen LogP contribution in [0.4, 0.5) is 0 Å². The number of hydrogen-bond acceptors (Lipinski definition) is 3. The Bertz CT molecular complexity index is 870. The lowest BCUT2D eigenvalue weighted by Gasteiger charge is -2.18. The van der Waals surface area contributed by atoms with Gasteiger partial charge < -0.3 is 15.7 Å². The third-order valence-electron chi connectivity index (χ3n) is 4.38. The highest BCUT2D eigenvalue weighted by Gasteiger charge is 2.22. The van der Waals surface area contributed by atoms with Crippen molar-refractivity contribution in [3.63, 3.8) is 0 Å². The number of hydrogen-bond donors (Lipinski definition) is 3. The first-order chi connectivity index (χ1) is 13.6. The van der Waals surface area contributed by atoms with Crippen LogP contribution in [-0.4, -0.2) is 23.5 Å². The number of nitrogens with one attached hydrogen (secondary N) is 2. The summed E-state index contributed by atoms with van der Waals surface area (Å²) < 4.78 is 0. The van der Waals surface area contributed by atoms with E-state index >= 15 is 0 Å². The molecule has 0 aliphatic heterocycles. The molecule has 0 atom stereocenters. The Kier molecular flexibility index (Phi) is 6.41. The van der Waals surface area contributed by atoms with Crippen molar-refractivity contribution in [3.05, 3.63) is 102 Å². The molecule has 0 unspecified atom stereocenters. The van der Waals surface area contributed by atoms with Crippen molar-refractivity contribution < 1.29 is 14.7 Å². The molecule has 0 saturated carbocycles. The second-order valence-corrected chi connectivity index (χ2v) is 6.42. The summed E-state index contributed by atoms with van der Waals surface area (Å²) in [6.45, 7) is 0.225. The van der Waals surface area contributed by atoms with Crippen LogP contribution < -0.4 is 10.6 Å². The normalized spacial score (nSPS) is 10.5. The summed E-state index contributed by atoms with van der Waals surface area (Å²) in [5.74, 6) is -0.805. The van der Waals surface area contributed by atoms with Gasteiger partial charge in [0.2, 0.25) is 11.8 Å². The van der Waals surface area contributed by atoms with Crippen LogP contribution in [0.3, 0.4) is 0 Å². The molecule has 0 bridgehead atoms. The molecule has 0 spiro atoms. The summed E-state index contributed by atoms with van der Waals surface area (Å²) in [4.78, 5) is 24.9. The predicted octanol–water partition coefficient (Wildman–Crippen LogP) is 2.96. The van der Waals surface area contributed by atoms with Crippen LogP contribution in [0.5, 0.6) is 5.75 Å². The fraction of sp³-hybridized carbons (Fsp3) is 0.130. The Labute approximate surface area is 164 Å². The highest BCUT2D eigenvalue weighted by Crippen LogP contribution is 2.24. The van der Waals surface area contributed by atoms with Crippen LogP contribution in [0.25, 0.3) is 0 Å². The second kappa shape index (κ2) is 9.37. The maximum Gasteiger partial charge on any atom is 0.239 e. The van der Waals surface area contributed by atoms with Gasteiger partial charge in [0.15, 0.2) is 0 Å². The molecule has 0 aliphatic carbocycles. The number of phenolic OH excluding ortho intramolecular Hbond substituents is 1. The minimum Gasteiger partial charge on any atom is -0.508 e. The van der Waals surface area contributed by atoms with Gasteiger partial charge in [0, 0.05) is 6.54 Å². The van der Waals surface area contributed by atoms with Gasteiger partial charge in [-0.3, -0.25) is 9.59 Å². The largest absolute Gasteiger partial charge is 0.508 e. The van der Waals surface area contributed by atoms with Crippen molar-refractivity contribution in [2.24, 2.45) is 0 Å². The zero-order chi connectivity index (χ0) is 19.8. The van der Waals surface area contributed by atoms with Crippen molar-refractivity contribution >= 4 is 11.8 Å². The van der Waals surface area contributed by atoms with Gasteiger partial charge in [-0.15, -0.1) is 0 Å². The van der Waals surface area contributed by atoms with E-state index in [4.69, 9.17) is 0 Å². The van der Waals surface area contributed by atoms with Gasteiger partial charge in [-0.1, -0.05) is 72.8 Å². The van der Waals surface area contributed by atoms with E-state index in [0.29, 0.717) is 6.54 Å². The van der Waals surface area contributed by atoms with Crippen molar-refractivity contribution in [2.45, 2.75) is 12.5 Å². The lowest BCUT2D eigenvalue weighted by Crippen LogP contribution is -2.39. The first-order valence-corrected chi connectivity index (χ1v) is 9.05. The number of carbonyl (C=O) groups is 2. The number of benzene rings is 3. The SMILES string of the molecule is O=C(CNC(=O)C(c1ccccc1)c1ccccc1)NCc1ccc(O)cc1. The lowest BCUT2D eigenvalue weighted by atomic mass is 9.90. The molecule has 0 radical (unpaired) electrons. The molecule has 0 aromatic heterocycles. The Balaban J connectivity index is 1.60. The quantitative estimate of drug-likeness (QED) is 0.595. The number of carbonyl (C=O) groups excluding carboxylic acids is 2. The molecule has 5 heteroatoms. The smallest absolute Gasteiger partial charge is 0.239 e. The molecule has 0 aliphatic rings. The molecular weight excluding hydrogens is 352 g/mol. The predicted molar refractivity (Wildman–Crippen MR) is 108 cm³/mol. The summed E-state index contributed by atoms with van der Waals surface area (Å²) in [7, 11) is 0. The molecule has 28 heavy (non-hydrogen) atoms. The molecule has 0 fully saturated rings. The van der Waals surface area contributed by atoms with Crippen LogP contribution >= 0.6 is 0 Å². The summed E-state index contributed by atoms with van der Waals surface area (Å²) >= 11 is 0. The van der Waals surface area contributed by atoms with Crippen LogP contribution in [0.15, 0.2) is 84.9 Å². The van der Waals surface area contributed by atoms with Crippen LogP contribution in [-0.2, 0) is 16.1 Å². The van der Waals surface area contributed by atoms with Crippen molar-refractivity contribution in [1.29, 1.82) is 0 Å². The summed E-state index contributed by atoms with van der Waals surface area (Å²) in [5, 5.41) is 14.8. The lowest BCUT2D eigenvalue weighted by molar-refractivity contribution is -0.126. The first-order valence-electron chi connectivity index (χ1n) is 9.05. The van der Waals surface area contributed by atoms with Gasteiger partial charge in [0.25, 0.3) is 0 Å². The fourth-order valence-electron chi connectivity index (χ4n) is 2.93. The summed E-state index contributed by atoms with van der Waals surface area (Å²) in [5.41, 5.74) is 2.61. The topological polar surface area (TPSA) is 78.4 Å². The Hall–Kier alpha value is -3.60. The zero-order valence-corrected chi connectivity index (χ0v) is 15.3. The minimum absolute atomic E-state index is 0.104. The van der Waals surface area contributed by atoms with Gasteiger partial charge in [-0.05, 0) is 28.8 Å². The number of phenols is 1. The number of aromatic hydroxyl groups is 1. The van der Waals surface area contributed by atoms with Gasteiger partial charge in [0.1, 0.15) is 5.75 Å². The average Bonchev–Trinajstić information content (AvgIpc) is 2.73. The van der Waals surface area contributed by atoms with E-state index in [1.54, 1.807) is 24.3 Å². The molecule has 0 saturated heterocycles. The third kappa shape index (κ3) is 5.20. The zero-order valence-electron chi connectivity index (χ0n) is 15.3. The van der Waals surface area contributed by atoms with Gasteiger partial charge in [-0.25, -0.2) is 0 Å². The summed E-state index contributed by atoms with van der Waals surface area (Å²) in [6, 6.07) is 25.6. The van der Waals surface area contributed by atoms with Crippen molar-refractivity contribution in [2.75, 3.05) is 6.54 Å². The standard InChI is InChI=1S/C23H22N2O3/c26-20-13-11-17(12-14-20)15-24-21(27)16-25-23(28)22(18-7-3-1-4-8-18)19-9-5-2-6-10-19/h1-14,22,26H,15-16H2,(H,24,27)(H,25,28). The Morgan fingerprint density at radius 1 is 0.750 bits per heavy atom. The fourth-order valence-corrected chi connectivity index (χ4v) is 2.93. The second-order valence-electron chi connectivity index (χ2n) is 6.42. The number of rotatable bonds is 7. The summed E-state index contributed by atoms with van der Waals surface area (Å²) in [6.07, 6.45) is 0. The van der Waals surface area contributed by atoms with E-state index in [0.717, 1.165) is 16.7 Å². The monoisotopic (exact) mass is 374 g/mol. The minimum atomic E-state index is -0.479. The van der Waals surface area contributed by atoms with Crippen LogP contribution in [0, 0.1) is 0 Å². The van der Waals surface area contributed by atoms with Crippen molar-refractivity contribution in [1.82, 2.24) is 10.6 Å². The molecular formula is C23H22N2O3. The maximum absolute atomic E-state index is 12.8. The maximum atomic E-state index is 12.8. The molecule has 5 nitrogen and oxygen atoms in total. The first kappa shape index (κ1) is 19.2. The highest BCUT2D eigenvalue weighted by molar-refractivity contribution is 5.90. The van der Waals surface area contributed by atoms with E-state index in [1.807, 2.05) is 60.7 Å². The van der Waals surface area contributed by atoms with Crippen LogP contribution in [0.1, 0.15) is 22.6 Å². The van der Waals surface area contributed by atoms with E-state index in [-0.39, 0.29) is 24.1 Å². The van der Waals surface area contributed by atoms with E-state index < -0.39 is 5.92 Å². The van der Waals surface area contributed by atoms with Gasteiger partial charge in [0.05, 0.1) is 12.5 Å². The average molecular weight is 374 g/mol. The van der Waals surface area contributed by atoms with E-state index in [9.17, 15) is 14.7 Å². The number of amides is 2. The van der Waals surface area contributed by atoms with Gasteiger partial charge >= 0.3 is 0 Å². The Morgan fingerprint density at radius 2 is 1.29 bits per heavy atom.